The highest BCUT2D eigenvalue weighted by Crippen LogP contribution is 2.38. The summed E-state index contributed by atoms with van der Waals surface area (Å²) in [5.74, 6) is 0.104. The van der Waals surface area contributed by atoms with E-state index in [1.165, 1.54) is 4.90 Å². The largest absolute Gasteiger partial charge is 0.465 e. The second kappa shape index (κ2) is 5.25. The van der Waals surface area contributed by atoms with Gasteiger partial charge in [-0.05, 0) is 13.3 Å². The summed E-state index contributed by atoms with van der Waals surface area (Å²) in [6, 6.07) is -0.130. The third kappa shape index (κ3) is 2.58. The van der Waals surface area contributed by atoms with Crippen LogP contribution in [0.2, 0.25) is 0 Å². The first-order valence-corrected chi connectivity index (χ1v) is 8.10. The first-order chi connectivity index (χ1) is 10.7. The van der Waals surface area contributed by atoms with Crippen LogP contribution in [0.25, 0.3) is 0 Å². The van der Waals surface area contributed by atoms with Gasteiger partial charge in [0.15, 0.2) is 0 Å². The van der Waals surface area contributed by atoms with Crippen LogP contribution >= 0.6 is 0 Å². The third-order valence-electron chi connectivity index (χ3n) is 4.62. The molecule has 1 fully saturated rings. The van der Waals surface area contributed by atoms with Gasteiger partial charge in [0.2, 0.25) is 5.91 Å². The molecular formula is C16H24N4O3. The highest BCUT2D eigenvalue weighted by atomic mass is 16.4. The summed E-state index contributed by atoms with van der Waals surface area (Å²) in [4.78, 5) is 27.0. The van der Waals surface area contributed by atoms with Gasteiger partial charge in [0.1, 0.15) is 0 Å². The summed E-state index contributed by atoms with van der Waals surface area (Å²) in [7, 11) is 0. The van der Waals surface area contributed by atoms with Crippen molar-refractivity contribution < 1.29 is 14.7 Å². The van der Waals surface area contributed by atoms with Crippen molar-refractivity contribution in [2.75, 3.05) is 11.4 Å². The van der Waals surface area contributed by atoms with E-state index in [-0.39, 0.29) is 23.9 Å². The zero-order chi connectivity index (χ0) is 16.9. The molecule has 7 heteroatoms. The van der Waals surface area contributed by atoms with Crippen molar-refractivity contribution in [3.63, 3.8) is 0 Å². The van der Waals surface area contributed by atoms with Crippen molar-refractivity contribution in [3.05, 3.63) is 11.4 Å². The van der Waals surface area contributed by atoms with Crippen LogP contribution in [-0.4, -0.2) is 44.4 Å². The fourth-order valence-corrected chi connectivity index (χ4v) is 3.39. The van der Waals surface area contributed by atoms with Gasteiger partial charge in [-0.2, -0.15) is 5.10 Å². The monoisotopic (exact) mass is 320 g/mol. The molecule has 1 atom stereocenters. The van der Waals surface area contributed by atoms with E-state index >= 15 is 0 Å². The lowest BCUT2D eigenvalue weighted by Gasteiger charge is -2.33. The van der Waals surface area contributed by atoms with Gasteiger partial charge < -0.3 is 10.0 Å². The predicted molar refractivity (Wildman–Crippen MR) is 85.5 cm³/mol. The number of nitrogens with zero attached hydrogens (tertiary/aromatic N) is 4. The van der Waals surface area contributed by atoms with Crippen molar-refractivity contribution >= 4 is 17.7 Å². The van der Waals surface area contributed by atoms with Crippen LogP contribution in [0.15, 0.2) is 0 Å². The average molecular weight is 320 g/mol. The molecule has 3 heterocycles. The van der Waals surface area contributed by atoms with Gasteiger partial charge >= 0.3 is 6.09 Å². The first-order valence-electron chi connectivity index (χ1n) is 8.10. The minimum atomic E-state index is -0.930. The van der Waals surface area contributed by atoms with Crippen molar-refractivity contribution in [1.82, 2.24) is 14.7 Å². The van der Waals surface area contributed by atoms with Gasteiger partial charge in [-0.25, -0.2) is 4.79 Å². The molecular weight excluding hydrogens is 296 g/mol. The Morgan fingerprint density at radius 1 is 1.35 bits per heavy atom. The van der Waals surface area contributed by atoms with E-state index in [9.17, 15) is 14.7 Å². The highest BCUT2D eigenvalue weighted by molar-refractivity contribution is 5.96. The van der Waals surface area contributed by atoms with Crippen LogP contribution in [0.4, 0.5) is 10.5 Å². The Balaban J connectivity index is 2.13. The van der Waals surface area contributed by atoms with Crippen LogP contribution in [0, 0.1) is 0 Å². The Labute approximate surface area is 135 Å². The molecule has 0 aromatic carbocycles. The molecule has 7 nitrogen and oxygen atoms in total. The topological polar surface area (TPSA) is 78.7 Å². The number of fused-ring (bicyclic) bond motifs is 1. The van der Waals surface area contributed by atoms with Crippen LogP contribution in [0.5, 0.6) is 0 Å². The van der Waals surface area contributed by atoms with Crippen molar-refractivity contribution in [2.45, 2.75) is 65.1 Å². The molecule has 0 aliphatic carbocycles. The van der Waals surface area contributed by atoms with Gasteiger partial charge in [-0.15, -0.1) is 0 Å². The van der Waals surface area contributed by atoms with Gasteiger partial charge in [0, 0.05) is 18.4 Å². The van der Waals surface area contributed by atoms with E-state index in [0.717, 1.165) is 23.5 Å². The molecule has 2 amide bonds. The third-order valence-corrected chi connectivity index (χ3v) is 4.62. The smallest absolute Gasteiger partial charge is 0.407 e. The fourth-order valence-electron chi connectivity index (χ4n) is 3.39. The predicted octanol–water partition coefficient (Wildman–Crippen LogP) is 2.19. The lowest BCUT2D eigenvalue weighted by atomic mass is 9.90. The summed E-state index contributed by atoms with van der Waals surface area (Å²) in [5.41, 5.74) is 2.34. The number of aromatic nitrogens is 2. The molecule has 0 unspecified atom stereocenters. The molecule has 1 aromatic heterocycles. The van der Waals surface area contributed by atoms with Gasteiger partial charge in [-0.3, -0.25) is 14.4 Å². The zero-order valence-corrected chi connectivity index (χ0v) is 14.2. The summed E-state index contributed by atoms with van der Waals surface area (Å²) in [6.07, 6.45) is 0.459. The van der Waals surface area contributed by atoms with E-state index in [0.29, 0.717) is 19.5 Å². The molecule has 0 bridgehead atoms. The molecule has 2 aliphatic rings. The van der Waals surface area contributed by atoms with Crippen LogP contribution in [-0.2, 0) is 23.3 Å². The second-order valence-electron chi connectivity index (χ2n) is 7.48. The number of anilines is 1. The molecule has 1 saturated heterocycles. The Kier molecular flexibility index (Phi) is 3.61. The first kappa shape index (κ1) is 15.8. The number of rotatable bonds is 1. The molecule has 126 valence electrons. The normalized spacial score (nSPS) is 21.7. The zero-order valence-electron chi connectivity index (χ0n) is 14.2. The van der Waals surface area contributed by atoms with E-state index in [2.05, 4.69) is 20.8 Å². The maximum atomic E-state index is 12.3. The van der Waals surface area contributed by atoms with E-state index in [4.69, 9.17) is 5.10 Å². The Morgan fingerprint density at radius 3 is 2.57 bits per heavy atom. The van der Waals surface area contributed by atoms with Crippen molar-refractivity contribution in [1.29, 1.82) is 0 Å². The lowest BCUT2D eigenvalue weighted by Crippen LogP contribution is -2.44. The summed E-state index contributed by atoms with van der Waals surface area (Å²) in [5, 5.41) is 14.2. The summed E-state index contributed by atoms with van der Waals surface area (Å²) >= 11 is 0. The Hall–Kier alpha value is -2.05. The van der Waals surface area contributed by atoms with Gasteiger partial charge in [0.25, 0.3) is 0 Å². The number of carboxylic acid groups (broad SMARTS) is 1. The van der Waals surface area contributed by atoms with Crippen LogP contribution in [0.1, 0.15) is 51.9 Å². The van der Waals surface area contributed by atoms with E-state index < -0.39 is 6.09 Å². The van der Waals surface area contributed by atoms with Crippen LogP contribution < -0.4 is 4.90 Å². The van der Waals surface area contributed by atoms with Gasteiger partial charge in [-0.1, -0.05) is 20.8 Å². The van der Waals surface area contributed by atoms with E-state index in [1.54, 1.807) is 4.90 Å². The lowest BCUT2D eigenvalue weighted by molar-refractivity contribution is -0.117. The van der Waals surface area contributed by atoms with E-state index in [1.807, 2.05) is 11.6 Å². The molecule has 23 heavy (non-hydrogen) atoms. The molecule has 0 spiro atoms. The summed E-state index contributed by atoms with van der Waals surface area (Å²) < 4.78 is 1.89. The van der Waals surface area contributed by atoms with Crippen molar-refractivity contribution in [2.24, 2.45) is 0 Å². The molecule has 1 N–H and O–H groups in total. The Bertz CT molecular complexity index is 659. The minimum absolute atomic E-state index is 0.104. The maximum absolute atomic E-state index is 12.3. The minimum Gasteiger partial charge on any atom is -0.465 e. The molecule has 3 rings (SSSR count). The quantitative estimate of drug-likeness (QED) is 0.860. The maximum Gasteiger partial charge on any atom is 0.407 e. The number of hydrogen-bond acceptors (Lipinski definition) is 3. The molecule has 2 aliphatic heterocycles. The second-order valence-corrected chi connectivity index (χ2v) is 7.48. The molecule has 0 saturated carbocycles. The SMILES string of the molecule is C[C@H]1Cn2nc(C(C)(C)C)c(N3CCCC3=O)c2CN1C(=O)O. The molecule has 1 aromatic rings. The standard InChI is InChI=1S/C16H24N4O3/c1-10-8-20-11(9-19(10)15(22)23)13(14(17-20)16(2,3)4)18-7-5-6-12(18)21/h10H,5-9H2,1-4H3,(H,22,23)/t10-/m0/s1. The highest BCUT2D eigenvalue weighted by Gasteiger charge is 2.38. The number of hydrogen-bond donors (Lipinski definition) is 1. The summed E-state index contributed by atoms with van der Waals surface area (Å²) in [6.45, 7) is 9.59. The van der Waals surface area contributed by atoms with Gasteiger partial charge in [0.05, 0.1) is 36.2 Å². The molecule has 0 radical (unpaired) electrons. The average Bonchev–Trinajstić information content (AvgIpc) is 2.99. The number of carbonyl (C=O) groups is 2. The van der Waals surface area contributed by atoms with Crippen LogP contribution in [0.3, 0.4) is 0 Å². The number of amides is 2. The number of carbonyl (C=O) groups excluding carboxylic acids is 1. The van der Waals surface area contributed by atoms with Crippen molar-refractivity contribution in [3.8, 4) is 0 Å². The fraction of sp³-hybridized carbons (Fsp3) is 0.688. The Morgan fingerprint density at radius 2 is 2.04 bits per heavy atom.